The number of halogens is 3. The predicted octanol–water partition coefficient (Wildman–Crippen LogP) is 2.49. The van der Waals surface area contributed by atoms with Gasteiger partial charge in [-0.2, -0.15) is 5.10 Å². The Labute approximate surface area is 186 Å². The summed E-state index contributed by atoms with van der Waals surface area (Å²) in [7, 11) is -3.44. The highest BCUT2D eigenvalue weighted by Crippen LogP contribution is 2.33. The molecule has 2 N–H and O–H groups in total. The second-order valence-electron chi connectivity index (χ2n) is 7.03. The molecule has 0 atom stereocenters. The summed E-state index contributed by atoms with van der Waals surface area (Å²) in [6.45, 7) is -0.551. The van der Waals surface area contributed by atoms with Crippen LogP contribution in [0.1, 0.15) is 16.8 Å². The molecule has 1 aliphatic heterocycles. The second kappa shape index (κ2) is 8.32. The number of anilines is 1. The number of aromatic nitrogens is 2. The van der Waals surface area contributed by atoms with E-state index in [4.69, 9.17) is 11.6 Å². The Kier molecular flexibility index (Phi) is 5.70. The van der Waals surface area contributed by atoms with Gasteiger partial charge in [-0.15, -0.1) is 0 Å². The number of fused-ring (bicyclic) bond motifs is 1. The first-order valence-corrected chi connectivity index (χ1v) is 11.4. The Morgan fingerprint density at radius 2 is 1.75 bits per heavy atom. The maximum Gasteiger partial charge on any atom is 0.314 e. The van der Waals surface area contributed by atoms with E-state index in [9.17, 15) is 26.8 Å². The molecular formula is C20H15ClF2N4O4S. The highest BCUT2D eigenvalue weighted by molar-refractivity contribution is 7.90. The molecule has 0 saturated carbocycles. The molecule has 0 saturated heterocycles. The summed E-state index contributed by atoms with van der Waals surface area (Å²) in [5.74, 6) is -4.72. The average Bonchev–Trinajstić information content (AvgIpc) is 3.19. The highest BCUT2D eigenvalue weighted by atomic mass is 35.5. The zero-order chi connectivity index (χ0) is 23.0. The van der Waals surface area contributed by atoms with Crippen molar-refractivity contribution in [1.29, 1.82) is 0 Å². The SMILES string of the molecule is O=C(NCc1c(F)cccc1F)C(=O)Nc1c2c(nn1-c1cccc(Cl)c1)CS(=O)(=O)C2. The fourth-order valence-electron chi connectivity index (χ4n) is 3.28. The van der Waals surface area contributed by atoms with Gasteiger partial charge in [0.15, 0.2) is 9.84 Å². The van der Waals surface area contributed by atoms with E-state index in [2.05, 4.69) is 15.7 Å². The number of benzene rings is 2. The number of hydrogen-bond donors (Lipinski definition) is 2. The van der Waals surface area contributed by atoms with Crippen LogP contribution in [0.15, 0.2) is 42.5 Å². The molecule has 32 heavy (non-hydrogen) atoms. The zero-order valence-electron chi connectivity index (χ0n) is 16.2. The minimum atomic E-state index is -3.44. The van der Waals surface area contributed by atoms with Gasteiger partial charge in [-0.1, -0.05) is 23.7 Å². The molecule has 0 aliphatic carbocycles. The molecule has 2 aromatic carbocycles. The molecule has 0 fully saturated rings. The molecule has 8 nitrogen and oxygen atoms in total. The number of carbonyl (C=O) groups is 2. The first kappa shape index (κ1) is 21.9. The molecule has 0 radical (unpaired) electrons. The van der Waals surface area contributed by atoms with Gasteiger partial charge < -0.3 is 10.6 Å². The normalized spacial score (nSPS) is 14.1. The van der Waals surface area contributed by atoms with E-state index in [1.165, 1.54) is 10.7 Å². The van der Waals surface area contributed by atoms with Gasteiger partial charge in [-0.05, 0) is 30.3 Å². The van der Waals surface area contributed by atoms with Crippen molar-refractivity contribution >= 4 is 39.1 Å². The lowest BCUT2D eigenvalue weighted by atomic mass is 10.2. The van der Waals surface area contributed by atoms with Crippen molar-refractivity contribution in [1.82, 2.24) is 15.1 Å². The molecule has 1 aromatic heterocycles. The van der Waals surface area contributed by atoms with Crippen molar-refractivity contribution in [2.24, 2.45) is 0 Å². The van der Waals surface area contributed by atoms with E-state index in [1.807, 2.05) is 0 Å². The van der Waals surface area contributed by atoms with Crippen LogP contribution in [0.5, 0.6) is 0 Å². The van der Waals surface area contributed by atoms with Gasteiger partial charge >= 0.3 is 11.8 Å². The molecule has 3 aromatic rings. The van der Waals surface area contributed by atoms with Gasteiger partial charge in [0.2, 0.25) is 0 Å². The minimum absolute atomic E-state index is 0.000522. The van der Waals surface area contributed by atoms with Crippen LogP contribution in [0.25, 0.3) is 5.69 Å². The number of rotatable bonds is 4. The van der Waals surface area contributed by atoms with Gasteiger partial charge in [0.1, 0.15) is 17.5 Å². The van der Waals surface area contributed by atoms with Crippen molar-refractivity contribution in [3.63, 3.8) is 0 Å². The van der Waals surface area contributed by atoms with Crippen LogP contribution < -0.4 is 10.6 Å². The Bertz CT molecular complexity index is 1340. The molecule has 0 spiro atoms. The lowest BCUT2D eigenvalue weighted by Crippen LogP contribution is -2.36. The molecule has 0 bridgehead atoms. The van der Waals surface area contributed by atoms with Crippen LogP contribution in [-0.4, -0.2) is 30.0 Å². The van der Waals surface area contributed by atoms with Gasteiger partial charge in [0.25, 0.3) is 0 Å². The van der Waals surface area contributed by atoms with Crippen LogP contribution in [0.4, 0.5) is 14.6 Å². The molecule has 166 valence electrons. The first-order valence-electron chi connectivity index (χ1n) is 9.24. The van der Waals surface area contributed by atoms with Gasteiger partial charge in [-0.25, -0.2) is 21.9 Å². The van der Waals surface area contributed by atoms with Crippen molar-refractivity contribution in [2.75, 3.05) is 5.32 Å². The molecule has 1 aliphatic rings. The Hall–Kier alpha value is -3.31. The van der Waals surface area contributed by atoms with Crippen molar-refractivity contribution in [3.8, 4) is 5.69 Å². The lowest BCUT2D eigenvalue weighted by molar-refractivity contribution is -0.136. The third-order valence-corrected chi connectivity index (χ3v) is 6.44. The van der Waals surface area contributed by atoms with Crippen LogP contribution >= 0.6 is 11.6 Å². The quantitative estimate of drug-likeness (QED) is 0.557. The third kappa shape index (κ3) is 4.34. The summed E-state index contributed by atoms with van der Waals surface area (Å²) in [6.07, 6.45) is 0. The fourth-order valence-corrected chi connectivity index (χ4v) is 4.96. The molecule has 0 unspecified atom stereocenters. The average molecular weight is 481 g/mol. The summed E-state index contributed by atoms with van der Waals surface area (Å²) < 4.78 is 52.8. The highest BCUT2D eigenvalue weighted by Gasteiger charge is 2.34. The van der Waals surface area contributed by atoms with E-state index in [0.29, 0.717) is 10.7 Å². The number of nitrogens with one attached hydrogen (secondary N) is 2. The summed E-state index contributed by atoms with van der Waals surface area (Å²) in [5.41, 5.74) is 0.540. The monoisotopic (exact) mass is 480 g/mol. The molecule has 12 heteroatoms. The molecule has 4 rings (SSSR count). The van der Waals surface area contributed by atoms with E-state index in [1.54, 1.807) is 24.3 Å². The topological polar surface area (TPSA) is 110 Å². The molecule has 2 amide bonds. The second-order valence-corrected chi connectivity index (χ2v) is 9.54. The zero-order valence-corrected chi connectivity index (χ0v) is 17.8. The number of carbonyl (C=O) groups excluding carboxylic acids is 2. The summed E-state index contributed by atoms with van der Waals surface area (Å²) in [5, 5.41) is 9.15. The standard InChI is InChI=1S/C20H15ClF2N4O4S/c21-11-3-1-4-12(7-11)27-18(14-9-32(30,31)10-17(14)26-27)25-20(29)19(28)24-8-13-15(22)5-2-6-16(13)23/h1-7H,8-10H2,(H,24,28)(H,25,29). The van der Waals surface area contributed by atoms with Crippen LogP contribution in [0.2, 0.25) is 5.02 Å². The van der Waals surface area contributed by atoms with E-state index in [-0.39, 0.29) is 28.6 Å². The number of amides is 2. The molecule has 2 heterocycles. The summed E-state index contributed by atoms with van der Waals surface area (Å²) in [6, 6.07) is 9.68. The maximum absolute atomic E-state index is 13.7. The fraction of sp³-hybridized carbons (Fsp3) is 0.150. The van der Waals surface area contributed by atoms with Gasteiger partial charge in [0, 0.05) is 22.7 Å². The Morgan fingerprint density at radius 1 is 1.06 bits per heavy atom. The number of nitrogens with zero attached hydrogens (tertiary/aromatic N) is 2. The van der Waals surface area contributed by atoms with E-state index < -0.39 is 45.4 Å². The van der Waals surface area contributed by atoms with Crippen LogP contribution in [0, 0.1) is 11.6 Å². The maximum atomic E-state index is 13.7. The van der Waals surface area contributed by atoms with Crippen LogP contribution in [-0.2, 0) is 37.5 Å². The first-order chi connectivity index (χ1) is 15.1. The third-order valence-electron chi connectivity index (χ3n) is 4.77. The smallest absolute Gasteiger partial charge is 0.314 e. The molecular weight excluding hydrogens is 466 g/mol. The van der Waals surface area contributed by atoms with Crippen molar-refractivity contribution in [2.45, 2.75) is 18.1 Å². The van der Waals surface area contributed by atoms with E-state index >= 15 is 0 Å². The lowest BCUT2D eigenvalue weighted by Gasteiger charge is -2.12. The Morgan fingerprint density at radius 3 is 2.44 bits per heavy atom. The Balaban J connectivity index is 1.59. The number of hydrogen-bond acceptors (Lipinski definition) is 5. The largest absolute Gasteiger partial charge is 0.344 e. The summed E-state index contributed by atoms with van der Waals surface area (Å²) >= 11 is 6.02. The van der Waals surface area contributed by atoms with Gasteiger partial charge in [-0.3, -0.25) is 9.59 Å². The van der Waals surface area contributed by atoms with Crippen molar-refractivity contribution in [3.05, 3.63) is 75.9 Å². The van der Waals surface area contributed by atoms with Crippen molar-refractivity contribution < 1.29 is 26.8 Å². The van der Waals surface area contributed by atoms with Crippen LogP contribution in [0.3, 0.4) is 0 Å². The number of sulfone groups is 1. The van der Waals surface area contributed by atoms with E-state index in [0.717, 1.165) is 12.1 Å². The minimum Gasteiger partial charge on any atom is -0.344 e. The van der Waals surface area contributed by atoms with Gasteiger partial charge in [0.05, 0.1) is 22.9 Å². The predicted molar refractivity (Wildman–Crippen MR) is 112 cm³/mol. The summed E-state index contributed by atoms with van der Waals surface area (Å²) in [4.78, 5) is 24.7.